The summed E-state index contributed by atoms with van der Waals surface area (Å²) in [6.45, 7) is 0. The second-order valence-corrected chi connectivity index (χ2v) is 22.8. The summed E-state index contributed by atoms with van der Waals surface area (Å²) in [5.74, 6) is 3.73. The van der Waals surface area contributed by atoms with Gasteiger partial charge in [0.15, 0.2) is 40.5 Å². The van der Waals surface area contributed by atoms with Gasteiger partial charge in [-0.15, -0.1) is 0 Å². The Morgan fingerprint density at radius 3 is 1.07 bits per heavy atom. The number of hydrogen-bond donors (Lipinski definition) is 0. The van der Waals surface area contributed by atoms with Gasteiger partial charge in [0.05, 0.1) is 28.4 Å². The lowest BCUT2D eigenvalue weighted by atomic mass is 10.0. The Hall–Kier alpha value is -13.1. The Kier molecular flexibility index (Phi) is 13.9. The van der Waals surface area contributed by atoms with Crippen molar-refractivity contribution in [3.05, 3.63) is 304 Å². The Morgan fingerprint density at radius 2 is 0.585 bits per heavy atom. The number of rotatable bonds is 10. The van der Waals surface area contributed by atoms with Gasteiger partial charge in [-0.05, 0) is 75.8 Å². The zero-order valence-corrected chi connectivity index (χ0v) is 50.2. The molecule has 0 atom stereocenters. The van der Waals surface area contributed by atoms with Crippen molar-refractivity contribution in [3.63, 3.8) is 0 Å². The number of hydrogen-bond acceptors (Lipinski definition) is 12. The molecule has 12 heteroatoms. The molecule has 18 aromatic rings. The molecule has 0 fully saturated rings. The fraction of sp³-hybridized carbons (Fsp3) is 0. The zero-order chi connectivity index (χ0) is 62.3. The first kappa shape index (κ1) is 55.0. The first-order chi connectivity index (χ1) is 46.5. The van der Waals surface area contributed by atoms with Crippen LogP contribution in [-0.4, -0.2) is 49.8 Å². The van der Waals surface area contributed by atoms with Crippen LogP contribution in [-0.2, 0) is 0 Å². The van der Waals surface area contributed by atoms with E-state index in [-0.39, 0.29) is 0 Å². The van der Waals surface area contributed by atoms with Gasteiger partial charge in [0.2, 0.25) is 5.71 Å². The van der Waals surface area contributed by atoms with Gasteiger partial charge in [0.25, 0.3) is 0 Å². The number of fused-ring (bicyclic) bond motifs is 9. The average molecular weight is 1210 g/mol. The van der Waals surface area contributed by atoms with Crippen molar-refractivity contribution in [2.24, 2.45) is 0 Å². The van der Waals surface area contributed by atoms with E-state index >= 15 is 0 Å². The molecule has 94 heavy (non-hydrogen) atoms. The van der Waals surface area contributed by atoms with E-state index in [1.54, 1.807) is 6.20 Å². The van der Waals surface area contributed by atoms with Gasteiger partial charge in [0.1, 0.15) is 16.7 Å². The third-order valence-electron chi connectivity index (χ3n) is 16.8. The summed E-state index contributed by atoms with van der Waals surface area (Å²) < 4.78 is 12.4. The number of aromatic nitrogens is 10. The van der Waals surface area contributed by atoms with Gasteiger partial charge in [-0.1, -0.05) is 249 Å². The van der Waals surface area contributed by atoms with Crippen molar-refractivity contribution in [2.75, 3.05) is 0 Å². The van der Waals surface area contributed by atoms with E-state index in [0.29, 0.717) is 40.7 Å². The molecule has 0 amide bonds. The average Bonchev–Trinajstić information content (AvgIpc) is 1.65. The molecule has 0 unspecified atom stereocenters. The van der Waals surface area contributed by atoms with Crippen molar-refractivity contribution < 1.29 is 8.83 Å². The third-order valence-corrected chi connectivity index (χ3v) is 16.8. The molecule has 11 aromatic carbocycles. The summed E-state index contributed by atoms with van der Waals surface area (Å²) >= 11 is 0. The van der Waals surface area contributed by atoms with E-state index in [0.717, 1.165) is 127 Å². The molecule has 18 rings (SSSR count). The van der Waals surface area contributed by atoms with Gasteiger partial charge >= 0.3 is 0 Å². The molecular weight excluding hydrogens is 1160 g/mol. The van der Waals surface area contributed by atoms with Crippen LogP contribution in [0.4, 0.5) is 0 Å². The van der Waals surface area contributed by atoms with E-state index in [1.165, 1.54) is 11.1 Å². The summed E-state index contributed by atoms with van der Waals surface area (Å²) in [4.78, 5) is 48.4. The Balaban J connectivity index is 0.000000143. The first-order valence-electron chi connectivity index (χ1n) is 30.8. The van der Waals surface area contributed by atoms with Crippen molar-refractivity contribution in [1.29, 1.82) is 0 Å². The molecule has 0 spiro atoms. The van der Waals surface area contributed by atoms with Crippen LogP contribution in [0.1, 0.15) is 0 Å². The number of nitrogens with zero attached hydrogens (tertiary/aromatic N) is 10. The largest absolute Gasteiger partial charge is 0.454 e. The fourth-order valence-corrected chi connectivity index (χ4v) is 11.9. The van der Waals surface area contributed by atoms with Crippen molar-refractivity contribution in [1.82, 2.24) is 49.8 Å². The fourth-order valence-electron chi connectivity index (χ4n) is 11.9. The number of pyridine rings is 2. The molecule has 0 radical (unpaired) electrons. The molecule has 440 valence electrons. The standard InChI is InChI=1S/2C41H25N5O/c1-3-9-26(10-4-1)27-15-19-30(20-16-27)40-44-39(29-11-5-2-6-12-29)45-41(46-40)31-21-17-28(18-22-31)36-23-33-34-24-42-35-14-8-7-13-32(35)38(34)47-37(33)25-43-36;1-3-9-26(10-4-1)27-15-19-30(20-16-27)39-44-38(29-11-5-2-6-12-29)45-40(46-39)31-21-17-28(18-22-31)32-23-24-33-36(25-32)47-41-37(33)42-34-13-7-8-14-35(34)43-41/h2*1-25H. The third kappa shape index (κ3) is 10.7. The maximum Gasteiger partial charge on any atom is 0.246 e. The van der Waals surface area contributed by atoms with Crippen molar-refractivity contribution >= 4 is 66.1 Å². The highest BCUT2D eigenvalue weighted by atomic mass is 16.3. The van der Waals surface area contributed by atoms with Crippen LogP contribution in [0.5, 0.6) is 0 Å². The predicted octanol–water partition coefficient (Wildman–Crippen LogP) is 20.1. The Bertz CT molecular complexity index is 5810. The lowest BCUT2D eigenvalue weighted by Gasteiger charge is -2.10. The van der Waals surface area contributed by atoms with Gasteiger partial charge < -0.3 is 8.83 Å². The van der Waals surface area contributed by atoms with Crippen LogP contribution in [0, 0.1) is 0 Å². The molecule has 0 bridgehead atoms. The minimum atomic E-state index is 0.542. The minimum Gasteiger partial charge on any atom is -0.454 e. The quantitative estimate of drug-likeness (QED) is 0.128. The lowest BCUT2D eigenvalue weighted by Crippen LogP contribution is -2.00. The van der Waals surface area contributed by atoms with Crippen LogP contribution in [0.3, 0.4) is 0 Å². The van der Waals surface area contributed by atoms with Gasteiger partial charge in [-0.25, -0.2) is 39.9 Å². The van der Waals surface area contributed by atoms with Crippen LogP contribution in [0.15, 0.2) is 312 Å². The van der Waals surface area contributed by atoms with E-state index in [4.69, 9.17) is 53.7 Å². The van der Waals surface area contributed by atoms with Crippen LogP contribution in [0.25, 0.3) is 179 Å². The summed E-state index contributed by atoms with van der Waals surface area (Å²) in [6, 6.07) is 98.0. The maximum absolute atomic E-state index is 6.23. The van der Waals surface area contributed by atoms with E-state index < -0.39 is 0 Å². The van der Waals surface area contributed by atoms with Crippen molar-refractivity contribution in [3.8, 4) is 113 Å². The lowest BCUT2D eigenvalue weighted by molar-refractivity contribution is 0.655. The number of furan rings is 2. The molecule has 0 saturated heterocycles. The van der Waals surface area contributed by atoms with Gasteiger partial charge in [0, 0.05) is 66.7 Å². The monoisotopic (exact) mass is 1210 g/mol. The highest BCUT2D eigenvalue weighted by Crippen LogP contribution is 2.37. The second-order valence-electron chi connectivity index (χ2n) is 22.8. The van der Waals surface area contributed by atoms with Gasteiger partial charge in [-0.3, -0.25) is 9.97 Å². The summed E-state index contributed by atoms with van der Waals surface area (Å²) in [6.07, 6.45) is 3.68. The number of benzene rings is 11. The molecule has 12 nitrogen and oxygen atoms in total. The molecule has 0 saturated carbocycles. The summed E-state index contributed by atoms with van der Waals surface area (Å²) in [5, 5.41) is 3.90. The first-order valence-corrected chi connectivity index (χ1v) is 30.8. The zero-order valence-electron chi connectivity index (χ0n) is 50.2. The van der Waals surface area contributed by atoms with Crippen molar-refractivity contribution in [2.45, 2.75) is 0 Å². The molecule has 7 aromatic heterocycles. The predicted molar refractivity (Wildman–Crippen MR) is 375 cm³/mol. The van der Waals surface area contributed by atoms with Crippen LogP contribution < -0.4 is 0 Å². The Labute approximate surface area is 538 Å². The highest BCUT2D eigenvalue weighted by Gasteiger charge is 2.19. The van der Waals surface area contributed by atoms with E-state index in [9.17, 15) is 0 Å². The van der Waals surface area contributed by atoms with Gasteiger partial charge in [-0.2, -0.15) is 0 Å². The molecule has 0 aliphatic carbocycles. The second kappa shape index (κ2) is 23.7. The Morgan fingerprint density at radius 1 is 0.213 bits per heavy atom. The normalized spacial score (nSPS) is 11.4. The molecule has 7 heterocycles. The number of para-hydroxylation sites is 3. The SMILES string of the molecule is c1ccc(-c2ccc(-c3nc(-c4ccccc4)nc(-c4ccc(-c5cc6c(cn5)oc5c7ccccc7ncc65)cc4)n3)cc2)cc1.c1ccc(-c2ccc(-c3nc(-c4ccccc4)nc(-c4ccc(-c5ccc6c(c5)oc5nc7ccccc7nc56)cc4)n3)cc2)cc1. The molecule has 0 aliphatic rings. The topological polar surface area (TPSA) is 155 Å². The minimum absolute atomic E-state index is 0.542. The van der Waals surface area contributed by atoms with E-state index in [1.807, 2.05) is 170 Å². The maximum atomic E-state index is 6.23. The van der Waals surface area contributed by atoms with E-state index in [2.05, 4.69) is 132 Å². The summed E-state index contributed by atoms with van der Waals surface area (Å²) in [7, 11) is 0. The highest BCUT2D eigenvalue weighted by molar-refractivity contribution is 6.14. The summed E-state index contributed by atoms with van der Waals surface area (Å²) in [5.41, 5.74) is 20.3. The van der Waals surface area contributed by atoms with Crippen LogP contribution >= 0.6 is 0 Å². The molecule has 0 N–H and O–H groups in total. The smallest absolute Gasteiger partial charge is 0.246 e. The van der Waals surface area contributed by atoms with Crippen LogP contribution in [0.2, 0.25) is 0 Å². The molecular formula is C82H50N10O2. The molecule has 0 aliphatic heterocycles.